The topological polar surface area (TPSA) is 21.3 Å². The van der Waals surface area contributed by atoms with Crippen LogP contribution in [0.1, 0.15) is 26.2 Å². The third-order valence-electron chi connectivity index (χ3n) is 2.37. The van der Waals surface area contributed by atoms with Gasteiger partial charge in [0.2, 0.25) is 5.06 Å². The number of unbranched alkanes of at least 4 members (excludes halogenated alkanes) is 1. The molecule has 0 bridgehead atoms. The number of thiol groups is 1. The van der Waals surface area contributed by atoms with E-state index in [-0.39, 0.29) is 0 Å². The molecule has 2 nitrogen and oxygen atoms in total. The van der Waals surface area contributed by atoms with Crippen LogP contribution in [0.25, 0.3) is 0 Å². The number of ether oxygens (including phenoxy) is 1. The molecule has 0 spiro atoms. The Morgan fingerprint density at radius 2 is 2.21 bits per heavy atom. The number of hydrogen-bond donors (Lipinski definition) is 2. The van der Waals surface area contributed by atoms with Crippen LogP contribution >= 0.6 is 12.6 Å². The molecule has 14 heavy (non-hydrogen) atoms. The van der Waals surface area contributed by atoms with Gasteiger partial charge in [0.05, 0.1) is 5.69 Å². The molecule has 1 unspecified atom stereocenters. The van der Waals surface area contributed by atoms with E-state index in [2.05, 4.69) is 24.9 Å². The highest BCUT2D eigenvalue weighted by Gasteiger charge is 2.33. The molecule has 2 rings (SSSR count). The molecule has 0 saturated heterocycles. The predicted molar refractivity (Wildman–Crippen MR) is 61.9 cm³/mol. The van der Waals surface area contributed by atoms with Gasteiger partial charge in [0.15, 0.2) is 0 Å². The quantitative estimate of drug-likeness (QED) is 0.746. The zero-order valence-corrected chi connectivity index (χ0v) is 9.18. The normalized spacial score (nSPS) is 23.9. The highest BCUT2D eigenvalue weighted by atomic mass is 32.1. The Balaban J connectivity index is 2.09. The summed E-state index contributed by atoms with van der Waals surface area (Å²) in [7, 11) is 0. The molecule has 1 aromatic rings. The maximum atomic E-state index is 5.75. The molecule has 3 heteroatoms. The van der Waals surface area contributed by atoms with Gasteiger partial charge in [0.25, 0.3) is 0 Å². The van der Waals surface area contributed by atoms with Gasteiger partial charge in [-0.05, 0) is 18.6 Å². The minimum atomic E-state index is -0.500. The van der Waals surface area contributed by atoms with Crippen molar-refractivity contribution in [1.82, 2.24) is 0 Å². The van der Waals surface area contributed by atoms with E-state index >= 15 is 0 Å². The molecule has 0 radical (unpaired) electrons. The summed E-state index contributed by atoms with van der Waals surface area (Å²) in [5, 5.41) is 2.79. The lowest BCUT2D eigenvalue weighted by Crippen LogP contribution is -2.33. The molecule has 0 aromatic heterocycles. The Bertz CT molecular complexity index is 302. The fourth-order valence-corrected chi connectivity index (χ4v) is 1.98. The van der Waals surface area contributed by atoms with Crippen molar-refractivity contribution < 1.29 is 4.74 Å². The van der Waals surface area contributed by atoms with E-state index in [4.69, 9.17) is 4.74 Å². The summed E-state index contributed by atoms with van der Waals surface area (Å²) in [5.41, 5.74) is 1.04. The maximum Gasteiger partial charge on any atom is 0.226 e. The summed E-state index contributed by atoms with van der Waals surface area (Å²) in [6.07, 6.45) is 3.19. The lowest BCUT2D eigenvalue weighted by Gasteiger charge is -2.22. The predicted octanol–water partition coefficient (Wildman–Crippen LogP) is 3.26. The van der Waals surface area contributed by atoms with Gasteiger partial charge in [-0.25, -0.2) is 0 Å². The minimum Gasteiger partial charge on any atom is -0.457 e. The van der Waals surface area contributed by atoms with Crippen molar-refractivity contribution in [1.29, 1.82) is 0 Å². The number of rotatable bonds is 3. The lowest BCUT2D eigenvalue weighted by molar-refractivity contribution is 0.204. The number of para-hydroxylation sites is 2. The molecule has 76 valence electrons. The van der Waals surface area contributed by atoms with E-state index in [0.29, 0.717) is 0 Å². The number of nitrogens with one attached hydrogen (secondary N) is 1. The average molecular weight is 209 g/mol. The molecule has 0 amide bonds. The SMILES string of the molecule is CCCCC1(S)Nc2ccccc2O1. The minimum absolute atomic E-state index is 0.500. The Kier molecular flexibility index (Phi) is 2.59. The van der Waals surface area contributed by atoms with Gasteiger partial charge in [-0.1, -0.05) is 25.5 Å². The standard InChI is InChI=1S/C11H15NOS/c1-2-3-8-11(14)12-9-6-4-5-7-10(9)13-11/h4-7,12,14H,2-3,8H2,1H3. The number of benzene rings is 1. The summed E-state index contributed by atoms with van der Waals surface area (Å²) in [4.78, 5) is 0. The lowest BCUT2D eigenvalue weighted by atomic mass is 10.2. The van der Waals surface area contributed by atoms with E-state index in [1.807, 2.05) is 24.3 Å². The van der Waals surface area contributed by atoms with Crippen molar-refractivity contribution in [2.45, 2.75) is 31.2 Å². The van der Waals surface area contributed by atoms with Crippen molar-refractivity contribution in [3.63, 3.8) is 0 Å². The van der Waals surface area contributed by atoms with Crippen LogP contribution in [-0.4, -0.2) is 5.06 Å². The van der Waals surface area contributed by atoms with Crippen molar-refractivity contribution in [2.24, 2.45) is 0 Å². The van der Waals surface area contributed by atoms with Crippen LogP contribution < -0.4 is 10.1 Å². The van der Waals surface area contributed by atoms with Crippen LogP contribution in [-0.2, 0) is 0 Å². The maximum absolute atomic E-state index is 5.75. The highest BCUT2D eigenvalue weighted by molar-refractivity contribution is 7.81. The first-order chi connectivity index (χ1) is 6.73. The third-order valence-corrected chi connectivity index (χ3v) is 2.79. The van der Waals surface area contributed by atoms with E-state index in [1.54, 1.807) is 0 Å². The molecule has 1 atom stereocenters. The van der Waals surface area contributed by atoms with E-state index in [9.17, 15) is 0 Å². The summed E-state index contributed by atoms with van der Waals surface area (Å²) < 4.78 is 5.75. The van der Waals surface area contributed by atoms with Crippen LogP contribution in [0.3, 0.4) is 0 Å². The fourth-order valence-electron chi connectivity index (χ4n) is 1.61. The van der Waals surface area contributed by atoms with Gasteiger partial charge in [0, 0.05) is 6.42 Å². The monoisotopic (exact) mass is 209 g/mol. The van der Waals surface area contributed by atoms with Gasteiger partial charge in [-0.15, -0.1) is 12.6 Å². The molecule has 1 aliphatic rings. The Labute approximate surface area is 90.1 Å². The average Bonchev–Trinajstić information content (AvgIpc) is 2.51. The Morgan fingerprint density at radius 1 is 1.43 bits per heavy atom. The summed E-state index contributed by atoms with van der Waals surface area (Å²) in [5.74, 6) is 0.901. The van der Waals surface area contributed by atoms with Crippen LogP contribution in [0.4, 0.5) is 5.69 Å². The third kappa shape index (κ3) is 1.82. The molecule has 1 aromatic carbocycles. The molecule has 1 N–H and O–H groups in total. The first-order valence-corrected chi connectivity index (χ1v) is 5.47. The van der Waals surface area contributed by atoms with Crippen LogP contribution in [0, 0.1) is 0 Å². The smallest absolute Gasteiger partial charge is 0.226 e. The largest absolute Gasteiger partial charge is 0.457 e. The number of hydrogen-bond acceptors (Lipinski definition) is 3. The second-order valence-corrected chi connectivity index (χ2v) is 4.33. The highest BCUT2D eigenvalue weighted by Crippen LogP contribution is 2.40. The van der Waals surface area contributed by atoms with Crippen molar-refractivity contribution in [3.05, 3.63) is 24.3 Å². The van der Waals surface area contributed by atoms with Gasteiger partial charge in [0.1, 0.15) is 5.75 Å². The second-order valence-electron chi connectivity index (χ2n) is 3.61. The summed E-state index contributed by atoms with van der Waals surface area (Å²) >= 11 is 4.53. The molecule has 0 fully saturated rings. The van der Waals surface area contributed by atoms with Gasteiger partial charge in [-0.3, -0.25) is 0 Å². The van der Waals surface area contributed by atoms with Crippen LogP contribution in [0.5, 0.6) is 5.75 Å². The first kappa shape index (κ1) is 9.71. The molecular weight excluding hydrogens is 194 g/mol. The van der Waals surface area contributed by atoms with Crippen LogP contribution in [0.15, 0.2) is 24.3 Å². The van der Waals surface area contributed by atoms with Gasteiger partial charge in [-0.2, -0.15) is 0 Å². The van der Waals surface area contributed by atoms with Crippen molar-refractivity contribution in [2.75, 3.05) is 5.32 Å². The van der Waals surface area contributed by atoms with E-state index in [0.717, 1.165) is 30.7 Å². The number of fused-ring (bicyclic) bond motifs is 1. The fraction of sp³-hybridized carbons (Fsp3) is 0.455. The Hall–Kier alpha value is -0.830. The van der Waals surface area contributed by atoms with Gasteiger partial charge >= 0.3 is 0 Å². The van der Waals surface area contributed by atoms with Crippen molar-refractivity contribution in [3.8, 4) is 5.75 Å². The Morgan fingerprint density at radius 3 is 2.93 bits per heavy atom. The zero-order chi connectivity index (χ0) is 10.0. The van der Waals surface area contributed by atoms with E-state index < -0.39 is 5.06 Å². The molecule has 1 heterocycles. The molecular formula is C11H15NOS. The van der Waals surface area contributed by atoms with Crippen molar-refractivity contribution >= 4 is 18.3 Å². The summed E-state index contributed by atoms with van der Waals surface area (Å²) in [6.45, 7) is 2.17. The van der Waals surface area contributed by atoms with Crippen LogP contribution in [0.2, 0.25) is 0 Å². The molecule has 0 aliphatic carbocycles. The summed E-state index contributed by atoms with van der Waals surface area (Å²) in [6, 6.07) is 7.94. The van der Waals surface area contributed by atoms with E-state index in [1.165, 1.54) is 0 Å². The zero-order valence-electron chi connectivity index (χ0n) is 8.29. The second kappa shape index (κ2) is 3.73. The first-order valence-electron chi connectivity index (χ1n) is 5.02. The van der Waals surface area contributed by atoms with Gasteiger partial charge < -0.3 is 10.1 Å². The molecule has 0 saturated carbocycles. The number of anilines is 1. The molecule has 1 aliphatic heterocycles.